The number of aromatic nitrogens is 1. The van der Waals surface area contributed by atoms with Gasteiger partial charge in [-0.15, -0.1) is 0 Å². The molecule has 2 aromatic rings. The van der Waals surface area contributed by atoms with Gasteiger partial charge in [0.25, 0.3) is 0 Å². The second-order valence-corrected chi connectivity index (χ2v) is 3.45. The van der Waals surface area contributed by atoms with Crippen LogP contribution in [0.5, 0.6) is 0 Å². The molecular weight excluding hydrogens is 234 g/mol. The van der Waals surface area contributed by atoms with Crippen molar-refractivity contribution in [2.75, 3.05) is 23.4 Å². The first-order chi connectivity index (χ1) is 8.85. The van der Waals surface area contributed by atoms with E-state index in [9.17, 15) is 4.79 Å². The van der Waals surface area contributed by atoms with Crippen LogP contribution in [0.4, 0.5) is 17.6 Å². The Morgan fingerprint density at radius 2 is 2.28 bits per heavy atom. The Hall–Kier alpha value is -2.34. The average Bonchev–Trinajstić information content (AvgIpc) is 2.87. The second-order valence-electron chi connectivity index (χ2n) is 3.45. The van der Waals surface area contributed by atoms with E-state index < -0.39 is 0 Å². The van der Waals surface area contributed by atoms with Gasteiger partial charge in [0, 0.05) is 24.9 Å². The molecule has 0 aromatic carbocycles. The predicted molar refractivity (Wildman–Crippen MR) is 66.7 cm³/mol. The van der Waals surface area contributed by atoms with Gasteiger partial charge < -0.3 is 14.8 Å². The number of hydrogen-bond acceptors (Lipinski definition) is 5. The number of nitrogens with zero attached hydrogens (tertiary/aromatic N) is 2. The predicted octanol–water partition coefficient (Wildman–Crippen LogP) is 1.37. The summed E-state index contributed by atoms with van der Waals surface area (Å²) in [7, 11) is 0. The first-order valence-electron chi connectivity index (χ1n) is 5.45. The molecule has 0 spiro atoms. The number of carbonyl (C=O) groups is 1. The van der Waals surface area contributed by atoms with Crippen LogP contribution in [-0.2, 0) is 4.79 Å². The van der Waals surface area contributed by atoms with E-state index in [-0.39, 0.29) is 6.61 Å². The molecule has 0 aliphatic carbocycles. The maximum absolute atomic E-state index is 11.1. The SMILES string of the molecule is O=CN(c1ccccn1)c1ccc(NCCO)o1. The molecule has 0 unspecified atom stereocenters. The molecule has 0 saturated carbocycles. The van der Waals surface area contributed by atoms with Crippen molar-refractivity contribution in [3.05, 3.63) is 36.5 Å². The minimum atomic E-state index is 0.00761. The number of rotatable bonds is 6. The zero-order valence-corrected chi connectivity index (χ0v) is 9.61. The first-order valence-corrected chi connectivity index (χ1v) is 5.45. The van der Waals surface area contributed by atoms with Crippen LogP contribution in [0.15, 0.2) is 40.9 Å². The molecule has 18 heavy (non-hydrogen) atoms. The fourth-order valence-electron chi connectivity index (χ4n) is 1.45. The Morgan fingerprint density at radius 3 is 2.94 bits per heavy atom. The standard InChI is InChI=1S/C12H13N3O3/c16-8-7-14-11-4-5-12(18-11)15(9-17)10-3-1-2-6-13-10/h1-6,9,14,16H,7-8H2. The molecule has 6 heteroatoms. The van der Waals surface area contributed by atoms with Gasteiger partial charge in [0.15, 0.2) is 5.88 Å². The number of nitrogens with one attached hydrogen (secondary N) is 1. The van der Waals surface area contributed by atoms with Crippen molar-refractivity contribution in [2.24, 2.45) is 0 Å². The Balaban J connectivity index is 2.18. The van der Waals surface area contributed by atoms with Crippen LogP contribution in [0.25, 0.3) is 0 Å². The van der Waals surface area contributed by atoms with Gasteiger partial charge in [0.1, 0.15) is 5.82 Å². The molecule has 2 N–H and O–H groups in total. The highest BCUT2D eigenvalue weighted by atomic mass is 16.4. The molecule has 0 aliphatic heterocycles. The third-order valence-electron chi connectivity index (χ3n) is 2.24. The van der Waals surface area contributed by atoms with E-state index >= 15 is 0 Å². The molecule has 0 atom stereocenters. The Morgan fingerprint density at radius 1 is 1.39 bits per heavy atom. The van der Waals surface area contributed by atoms with Crippen molar-refractivity contribution in [1.82, 2.24) is 4.98 Å². The first kappa shape index (κ1) is 12.1. The minimum absolute atomic E-state index is 0.00761. The van der Waals surface area contributed by atoms with Crippen molar-refractivity contribution in [3.8, 4) is 0 Å². The van der Waals surface area contributed by atoms with Gasteiger partial charge in [-0.2, -0.15) is 0 Å². The summed E-state index contributed by atoms with van der Waals surface area (Å²) >= 11 is 0. The average molecular weight is 247 g/mol. The number of aliphatic hydroxyl groups is 1. The summed E-state index contributed by atoms with van der Waals surface area (Å²) in [5.74, 6) is 1.33. The van der Waals surface area contributed by atoms with Gasteiger partial charge >= 0.3 is 0 Å². The van der Waals surface area contributed by atoms with Crippen molar-refractivity contribution in [1.29, 1.82) is 0 Å². The highest BCUT2D eigenvalue weighted by molar-refractivity contribution is 5.82. The maximum Gasteiger partial charge on any atom is 0.222 e. The van der Waals surface area contributed by atoms with Crippen molar-refractivity contribution >= 4 is 24.0 Å². The Bertz CT molecular complexity index is 498. The zero-order valence-electron chi connectivity index (χ0n) is 9.61. The van der Waals surface area contributed by atoms with Crippen LogP contribution in [0.1, 0.15) is 0 Å². The number of anilines is 3. The molecule has 2 heterocycles. The number of amides is 1. The van der Waals surface area contributed by atoms with Crippen LogP contribution in [0.2, 0.25) is 0 Å². The number of pyridine rings is 1. The summed E-state index contributed by atoms with van der Waals surface area (Å²) < 4.78 is 5.43. The van der Waals surface area contributed by atoms with E-state index in [1.54, 1.807) is 36.5 Å². The van der Waals surface area contributed by atoms with Gasteiger partial charge in [-0.25, -0.2) is 9.88 Å². The Kier molecular flexibility index (Phi) is 3.93. The number of aliphatic hydroxyl groups excluding tert-OH is 1. The minimum Gasteiger partial charge on any atom is -0.424 e. The molecule has 2 rings (SSSR count). The van der Waals surface area contributed by atoms with E-state index in [1.165, 1.54) is 4.90 Å². The van der Waals surface area contributed by atoms with Gasteiger partial charge in [-0.1, -0.05) is 6.07 Å². The summed E-state index contributed by atoms with van der Waals surface area (Å²) in [6.45, 7) is 0.394. The van der Waals surface area contributed by atoms with E-state index in [0.29, 0.717) is 30.5 Å². The molecule has 1 amide bonds. The highest BCUT2D eigenvalue weighted by Crippen LogP contribution is 2.26. The molecule has 2 aromatic heterocycles. The molecule has 0 aliphatic rings. The van der Waals surface area contributed by atoms with E-state index in [1.807, 2.05) is 0 Å². The third kappa shape index (κ3) is 2.67. The lowest BCUT2D eigenvalue weighted by molar-refractivity contribution is -0.107. The Labute approximate surface area is 104 Å². The lowest BCUT2D eigenvalue weighted by Gasteiger charge is -2.12. The molecule has 0 saturated heterocycles. The lowest BCUT2D eigenvalue weighted by Crippen LogP contribution is -2.14. The topological polar surface area (TPSA) is 78.6 Å². The summed E-state index contributed by atoms with van der Waals surface area (Å²) in [5.41, 5.74) is 0. The fourth-order valence-corrected chi connectivity index (χ4v) is 1.45. The largest absolute Gasteiger partial charge is 0.424 e. The maximum atomic E-state index is 11.1. The smallest absolute Gasteiger partial charge is 0.222 e. The van der Waals surface area contributed by atoms with Crippen molar-refractivity contribution in [3.63, 3.8) is 0 Å². The summed E-state index contributed by atoms with van der Waals surface area (Å²) in [4.78, 5) is 16.5. The van der Waals surface area contributed by atoms with E-state index in [2.05, 4.69) is 10.3 Å². The van der Waals surface area contributed by atoms with E-state index in [0.717, 1.165) is 0 Å². The number of hydrogen-bond donors (Lipinski definition) is 2. The molecule has 0 radical (unpaired) electrons. The van der Waals surface area contributed by atoms with Crippen LogP contribution in [-0.4, -0.2) is 29.7 Å². The van der Waals surface area contributed by atoms with Crippen LogP contribution in [0, 0.1) is 0 Å². The van der Waals surface area contributed by atoms with Gasteiger partial charge in [0.05, 0.1) is 6.61 Å². The molecule has 94 valence electrons. The molecule has 0 fully saturated rings. The van der Waals surface area contributed by atoms with Crippen molar-refractivity contribution < 1.29 is 14.3 Å². The number of furan rings is 1. The van der Waals surface area contributed by atoms with Gasteiger partial charge in [-0.3, -0.25) is 4.79 Å². The molecule has 6 nitrogen and oxygen atoms in total. The van der Waals surface area contributed by atoms with Crippen molar-refractivity contribution in [2.45, 2.75) is 0 Å². The van der Waals surface area contributed by atoms with Crippen LogP contribution in [0.3, 0.4) is 0 Å². The van der Waals surface area contributed by atoms with Crippen LogP contribution < -0.4 is 10.2 Å². The monoisotopic (exact) mass is 247 g/mol. The third-order valence-corrected chi connectivity index (χ3v) is 2.24. The normalized spacial score (nSPS) is 10.1. The van der Waals surface area contributed by atoms with Gasteiger partial charge in [0.2, 0.25) is 12.3 Å². The molecule has 0 bridgehead atoms. The number of carbonyl (C=O) groups excluding carboxylic acids is 1. The summed E-state index contributed by atoms with van der Waals surface area (Å²) in [5, 5.41) is 11.6. The second kappa shape index (κ2) is 5.83. The fraction of sp³-hybridized carbons (Fsp3) is 0.167. The quantitative estimate of drug-likeness (QED) is 0.754. The summed E-state index contributed by atoms with van der Waals surface area (Å²) in [6, 6.07) is 8.60. The molecular formula is C12H13N3O3. The lowest BCUT2D eigenvalue weighted by atomic mass is 10.4. The highest BCUT2D eigenvalue weighted by Gasteiger charge is 2.13. The zero-order chi connectivity index (χ0) is 12.8. The summed E-state index contributed by atoms with van der Waals surface area (Å²) in [6.07, 6.45) is 2.23. The van der Waals surface area contributed by atoms with Gasteiger partial charge in [-0.05, 0) is 12.1 Å². The van der Waals surface area contributed by atoms with E-state index in [4.69, 9.17) is 9.52 Å². The van der Waals surface area contributed by atoms with Crippen LogP contribution >= 0.6 is 0 Å².